The van der Waals surface area contributed by atoms with Crippen LogP contribution < -0.4 is 5.56 Å². The molecule has 1 amide bonds. The number of H-pyrrole nitrogens is 1. The molecular formula is C17H20N4O3. The summed E-state index contributed by atoms with van der Waals surface area (Å²) in [6.45, 7) is 4.83. The molecule has 2 aliphatic rings. The Bertz CT molecular complexity index is 869. The number of rotatable bonds is 1. The van der Waals surface area contributed by atoms with Crippen molar-refractivity contribution in [3.05, 3.63) is 45.3 Å². The Hall–Kier alpha value is -2.44. The van der Waals surface area contributed by atoms with E-state index in [0.717, 1.165) is 36.9 Å². The van der Waals surface area contributed by atoms with Crippen LogP contribution in [0, 0.1) is 13.8 Å². The van der Waals surface area contributed by atoms with Crippen LogP contribution in [0.2, 0.25) is 0 Å². The molecule has 0 saturated carbocycles. The molecule has 1 spiro atoms. The number of aryl methyl sites for hydroxylation is 2. The first-order chi connectivity index (χ1) is 11.5. The van der Waals surface area contributed by atoms with Crippen LogP contribution in [0.3, 0.4) is 0 Å². The van der Waals surface area contributed by atoms with Gasteiger partial charge in [-0.1, -0.05) is 0 Å². The summed E-state index contributed by atoms with van der Waals surface area (Å²) in [5.41, 5.74) is 1.80. The monoisotopic (exact) mass is 328 g/mol. The Kier molecular flexibility index (Phi) is 3.33. The van der Waals surface area contributed by atoms with Crippen molar-refractivity contribution in [3.63, 3.8) is 0 Å². The smallest absolute Gasteiger partial charge is 0.276 e. The highest BCUT2D eigenvalue weighted by Crippen LogP contribution is 2.43. The maximum Gasteiger partial charge on any atom is 0.276 e. The topological polar surface area (TPSA) is 92.1 Å². The zero-order valence-electron chi connectivity index (χ0n) is 13.9. The number of nitrogens with one attached hydrogen (secondary N) is 1. The number of amides is 1. The molecule has 1 fully saturated rings. The van der Waals surface area contributed by atoms with Crippen molar-refractivity contribution in [2.75, 3.05) is 13.1 Å². The van der Waals surface area contributed by atoms with Crippen molar-refractivity contribution in [1.82, 2.24) is 19.9 Å². The molecule has 4 rings (SSSR count). The molecule has 3 heterocycles. The number of hydrogen-bond donors (Lipinski definition) is 1. The second-order valence-corrected chi connectivity index (χ2v) is 6.85. The fourth-order valence-electron chi connectivity index (χ4n) is 4.13. The van der Waals surface area contributed by atoms with Crippen LogP contribution in [0.5, 0.6) is 0 Å². The normalized spacial score (nSPS) is 22.8. The van der Waals surface area contributed by atoms with Crippen LogP contribution in [0.1, 0.15) is 52.6 Å². The summed E-state index contributed by atoms with van der Waals surface area (Å²) < 4.78 is 5.16. The standard InChI is InChI=1S/C17H20N4O3/c1-10-13(18-9-24-10)16(23)21-7-3-5-17(8-21)6-4-12-14(17)19-11(2)20-15(12)22/h9H,3-8H2,1-2H3,(H,19,20,22). The highest BCUT2D eigenvalue weighted by Gasteiger charge is 2.45. The first-order valence-corrected chi connectivity index (χ1v) is 8.30. The van der Waals surface area contributed by atoms with E-state index in [4.69, 9.17) is 4.42 Å². The van der Waals surface area contributed by atoms with E-state index in [1.807, 2.05) is 4.90 Å². The summed E-state index contributed by atoms with van der Waals surface area (Å²) in [7, 11) is 0. The lowest BCUT2D eigenvalue weighted by atomic mass is 9.77. The Labute approximate surface area is 139 Å². The highest BCUT2D eigenvalue weighted by molar-refractivity contribution is 5.93. The van der Waals surface area contributed by atoms with Crippen molar-refractivity contribution in [3.8, 4) is 0 Å². The van der Waals surface area contributed by atoms with Gasteiger partial charge in [-0.15, -0.1) is 0 Å². The number of oxazole rings is 1. The van der Waals surface area contributed by atoms with Gasteiger partial charge >= 0.3 is 0 Å². The summed E-state index contributed by atoms with van der Waals surface area (Å²) >= 11 is 0. The summed E-state index contributed by atoms with van der Waals surface area (Å²) in [5, 5.41) is 0. The minimum Gasteiger partial charge on any atom is -0.448 e. The minimum atomic E-state index is -0.208. The lowest BCUT2D eigenvalue weighted by Gasteiger charge is -2.40. The Morgan fingerprint density at radius 2 is 2.21 bits per heavy atom. The van der Waals surface area contributed by atoms with Crippen molar-refractivity contribution >= 4 is 5.91 Å². The SMILES string of the molecule is Cc1nc2c(c(=O)[nH]1)CCC21CCCN(C(=O)c2ncoc2C)C1. The predicted octanol–water partition coefficient (Wildman–Crippen LogP) is 1.49. The van der Waals surface area contributed by atoms with Gasteiger partial charge in [-0.05, 0) is 39.5 Å². The van der Waals surface area contributed by atoms with Gasteiger partial charge < -0.3 is 14.3 Å². The van der Waals surface area contributed by atoms with Gasteiger partial charge in [0.15, 0.2) is 12.1 Å². The zero-order valence-corrected chi connectivity index (χ0v) is 13.9. The lowest BCUT2D eigenvalue weighted by Crippen LogP contribution is -2.48. The molecule has 1 aliphatic carbocycles. The maximum absolute atomic E-state index is 12.8. The van der Waals surface area contributed by atoms with E-state index >= 15 is 0 Å². The first-order valence-electron chi connectivity index (χ1n) is 8.30. The first kappa shape index (κ1) is 15.1. The molecule has 1 N–H and O–H groups in total. The second kappa shape index (κ2) is 5.29. The Morgan fingerprint density at radius 1 is 1.38 bits per heavy atom. The number of aromatic amines is 1. The van der Waals surface area contributed by atoms with E-state index in [1.54, 1.807) is 13.8 Å². The van der Waals surface area contributed by atoms with Crippen LogP contribution in [-0.4, -0.2) is 38.8 Å². The number of piperidine rings is 1. The number of aromatic nitrogens is 3. The number of fused-ring (bicyclic) bond motifs is 2. The largest absolute Gasteiger partial charge is 0.448 e. The van der Waals surface area contributed by atoms with Gasteiger partial charge in [0.1, 0.15) is 11.6 Å². The fourth-order valence-corrected chi connectivity index (χ4v) is 4.13. The van der Waals surface area contributed by atoms with E-state index in [-0.39, 0.29) is 16.9 Å². The molecule has 1 unspecified atom stereocenters. The van der Waals surface area contributed by atoms with Crippen molar-refractivity contribution in [2.24, 2.45) is 0 Å². The van der Waals surface area contributed by atoms with Crippen LogP contribution in [0.25, 0.3) is 0 Å². The van der Waals surface area contributed by atoms with Crippen LogP contribution >= 0.6 is 0 Å². The van der Waals surface area contributed by atoms with Crippen LogP contribution in [-0.2, 0) is 11.8 Å². The molecule has 126 valence electrons. The predicted molar refractivity (Wildman–Crippen MR) is 86.0 cm³/mol. The Balaban J connectivity index is 1.69. The molecule has 1 atom stereocenters. The third-order valence-corrected chi connectivity index (χ3v) is 5.30. The maximum atomic E-state index is 12.8. The number of carbonyl (C=O) groups excluding carboxylic acids is 1. The number of carbonyl (C=O) groups is 1. The molecule has 7 heteroatoms. The molecule has 1 saturated heterocycles. The number of likely N-dealkylation sites (tertiary alicyclic amines) is 1. The molecule has 2 aromatic heterocycles. The second-order valence-electron chi connectivity index (χ2n) is 6.85. The average molecular weight is 328 g/mol. The van der Waals surface area contributed by atoms with Gasteiger partial charge in [-0.3, -0.25) is 9.59 Å². The van der Waals surface area contributed by atoms with E-state index in [9.17, 15) is 9.59 Å². The summed E-state index contributed by atoms with van der Waals surface area (Å²) in [6, 6.07) is 0. The quantitative estimate of drug-likeness (QED) is 0.856. The number of hydrogen-bond acceptors (Lipinski definition) is 5. The van der Waals surface area contributed by atoms with Gasteiger partial charge in [0, 0.05) is 24.1 Å². The van der Waals surface area contributed by atoms with E-state index < -0.39 is 0 Å². The van der Waals surface area contributed by atoms with Gasteiger partial charge in [0.05, 0.1) is 5.69 Å². The molecule has 2 aromatic rings. The van der Waals surface area contributed by atoms with Gasteiger partial charge in [-0.2, -0.15) is 0 Å². The molecule has 1 aliphatic heterocycles. The third kappa shape index (κ3) is 2.18. The highest BCUT2D eigenvalue weighted by atomic mass is 16.3. The van der Waals surface area contributed by atoms with Gasteiger partial charge in [0.25, 0.3) is 11.5 Å². The van der Waals surface area contributed by atoms with E-state index in [2.05, 4.69) is 15.0 Å². The average Bonchev–Trinajstić information content (AvgIpc) is 3.12. The molecular weight excluding hydrogens is 308 g/mol. The molecule has 24 heavy (non-hydrogen) atoms. The third-order valence-electron chi connectivity index (χ3n) is 5.30. The minimum absolute atomic E-state index is 0.0369. The van der Waals surface area contributed by atoms with Crippen LogP contribution in [0.15, 0.2) is 15.6 Å². The lowest BCUT2D eigenvalue weighted by molar-refractivity contribution is 0.0626. The zero-order chi connectivity index (χ0) is 16.9. The summed E-state index contributed by atoms with van der Waals surface area (Å²) in [4.78, 5) is 38.3. The molecule has 7 nitrogen and oxygen atoms in total. The van der Waals surface area contributed by atoms with Crippen molar-refractivity contribution in [1.29, 1.82) is 0 Å². The fraction of sp³-hybridized carbons (Fsp3) is 0.529. The van der Waals surface area contributed by atoms with Gasteiger partial charge in [-0.25, -0.2) is 9.97 Å². The summed E-state index contributed by atoms with van der Waals surface area (Å²) in [6.07, 6.45) is 4.75. The molecule has 0 radical (unpaired) electrons. The summed E-state index contributed by atoms with van der Waals surface area (Å²) in [5.74, 6) is 1.07. The molecule has 0 aromatic carbocycles. The number of nitrogens with zero attached hydrogens (tertiary/aromatic N) is 3. The molecule has 0 bridgehead atoms. The van der Waals surface area contributed by atoms with Gasteiger partial charge in [0.2, 0.25) is 0 Å². The van der Waals surface area contributed by atoms with E-state index in [1.165, 1.54) is 6.39 Å². The van der Waals surface area contributed by atoms with Crippen molar-refractivity contribution in [2.45, 2.75) is 44.9 Å². The Morgan fingerprint density at radius 3 is 2.96 bits per heavy atom. The van der Waals surface area contributed by atoms with Crippen LogP contribution in [0.4, 0.5) is 0 Å². The van der Waals surface area contributed by atoms with Crippen molar-refractivity contribution < 1.29 is 9.21 Å². The van der Waals surface area contributed by atoms with E-state index in [0.29, 0.717) is 30.4 Å².